The molecule has 1 atom stereocenters. The number of carbonyl (C=O) groups is 1. The molecule has 1 N–H and O–H groups in total. The maximum atomic E-state index is 12.9. The Morgan fingerprint density at radius 1 is 1.15 bits per heavy atom. The maximum absolute atomic E-state index is 12.9. The number of aryl methyl sites for hydroxylation is 1. The first-order chi connectivity index (χ1) is 13.1. The summed E-state index contributed by atoms with van der Waals surface area (Å²) in [5, 5.41) is 3.06. The molecule has 1 aliphatic rings. The smallest absolute Gasteiger partial charge is 0.258 e. The number of morpholine rings is 1. The van der Waals surface area contributed by atoms with Gasteiger partial charge < -0.3 is 14.8 Å². The number of benzene rings is 2. The zero-order chi connectivity index (χ0) is 19.1. The average Bonchev–Trinajstić information content (AvgIpc) is 2.68. The van der Waals surface area contributed by atoms with Crippen LogP contribution < -0.4 is 10.1 Å². The minimum Gasteiger partial charge on any atom is -0.484 e. The van der Waals surface area contributed by atoms with Gasteiger partial charge in [-0.15, -0.1) is 0 Å². The summed E-state index contributed by atoms with van der Waals surface area (Å²) in [6, 6.07) is 13.7. The summed E-state index contributed by atoms with van der Waals surface area (Å²) in [7, 11) is 0. The van der Waals surface area contributed by atoms with Crippen molar-refractivity contribution in [2.45, 2.75) is 13.0 Å². The van der Waals surface area contributed by atoms with Gasteiger partial charge in [-0.2, -0.15) is 0 Å². The number of hydrogen-bond acceptors (Lipinski definition) is 4. The highest BCUT2D eigenvalue weighted by Crippen LogP contribution is 2.17. The van der Waals surface area contributed by atoms with E-state index >= 15 is 0 Å². The van der Waals surface area contributed by atoms with Crippen LogP contribution in [0.1, 0.15) is 17.2 Å². The van der Waals surface area contributed by atoms with E-state index in [9.17, 15) is 9.18 Å². The molecular weight excluding hydrogens is 347 g/mol. The largest absolute Gasteiger partial charge is 0.484 e. The Balaban J connectivity index is 1.61. The van der Waals surface area contributed by atoms with E-state index in [2.05, 4.69) is 10.2 Å². The standard InChI is InChI=1S/C21H25FN2O3/c1-16-2-4-17(5-3-16)20(14-24-10-12-26-13-11-24)23-21(25)15-27-19-8-6-18(22)7-9-19/h2-9,20H,10-15H2,1H3,(H,23,25)/t20-/m0/s1. The lowest BCUT2D eigenvalue weighted by Gasteiger charge is -2.31. The fourth-order valence-corrected chi connectivity index (χ4v) is 2.99. The Labute approximate surface area is 159 Å². The summed E-state index contributed by atoms with van der Waals surface area (Å²) in [6.45, 7) is 5.76. The van der Waals surface area contributed by atoms with Gasteiger partial charge in [-0.25, -0.2) is 4.39 Å². The van der Waals surface area contributed by atoms with Crippen molar-refractivity contribution < 1.29 is 18.7 Å². The van der Waals surface area contributed by atoms with Gasteiger partial charge in [0.2, 0.25) is 0 Å². The molecule has 27 heavy (non-hydrogen) atoms. The van der Waals surface area contributed by atoms with Gasteiger partial charge in [0.1, 0.15) is 11.6 Å². The molecule has 2 aromatic carbocycles. The second-order valence-corrected chi connectivity index (χ2v) is 6.69. The van der Waals surface area contributed by atoms with E-state index in [1.165, 1.54) is 29.8 Å². The first kappa shape index (κ1) is 19.3. The van der Waals surface area contributed by atoms with Gasteiger partial charge >= 0.3 is 0 Å². The zero-order valence-electron chi connectivity index (χ0n) is 15.5. The van der Waals surface area contributed by atoms with Crippen LogP contribution in [0.15, 0.2) is 48.5 Å². The normalized spacial score (nSPS) is 15.9. The van der Waals surface area contributed by atoms with Gasteiger partial charge in [0.05, 0.1) is 19.3 Å². The molecule has 0 aromatic heterocycles. The lowest BCUT2D eigenvalue weighted by atomic mass is 10.0. The van der Waals surface area contributed by atoms with Gasteiger partial charge in [-0.3, -0.25) is 9.69 Å². The highest BCUT2D eigenvalue weighted by atomic mass is 19.1. The summed E-state index contributed by atoms with van der Waals surface area (Å²) < 4.78 is 23.8. The average molecular weight is 372 g/mol. The molecule has 1 fully saturated rings. The Hall–Kier alpha value is -2.44. The van der Waals surface area contributed by atoms with Gasteiger partial charge in [0.15, 0.2) is 6.61 Å². The zero-order valence-corrected chi connectivity index (χ0v) is 15.5. The summed E-state index contributed by atoms with van der Waals surface area (Å²) in [4.78, 5) is 14.7. The number of carbonyl (C=O) groups excluding carboxylic acids is 1. The number of nitrogens with one attached hydrogen (secondary N) is 1. The van der Waals surface area contributed by atoms with E-state index in [1.54, 1.807) is 0 Å². The van der Waals surface area contributed by atoms with Crippen LogP contribution in [0.2, 0.25) is 0 Å². The molecule has 0 radical (unpaired) electrons. The van der Waals surface area contributed by atoms with E-state index in [4.69, 9.17) is 9.47 Å². The van der Waals surface area contributed by atoms with Crippen molar-refractivity contribution in [3.63, 3.8) is 0 Å². The van der Waals surface area contributed by atoms with Crippen molar-refractivity contribution in [2.24, 2.45) is 0 Å². The van der Waals surface area contributed by atoms with Crippen molar-refractivity contribution in [3.8, 4) is 5.75 Å². The molecular formula is C21H25FN2O3. The summed E-state index contributed by atoms with van der Waals surface area (Å²) in [6.07, 6.45) is 0. The monoisotopic (exact) mass is 372 g/mol. The molecule has 1 amide bonds. The Bertz CT molecular complexity index is 728. The molecule has 1 saturated heterocycles. The van der Waals surface area contributed by atoms with Crippen LogP contribution in [-0.4, -0.2) is 50.3 Å². The number of amides is 1. The number of hydrogen-bond donors (Lipinski definition) is 1. The number of halogens is 1. The second-order valence-electron chi connectivity index (χ2n) is 6.69. The number of ether oxygens (including phenoxy) is 2. The van der Waals surface area contributed by atoms with Crippen molar-refractivity contribution in [2.75, 3.05) is 39.5 Å². The van der Waals surface area contributed by atoms with Crippen LogP contribution >= 0.6 is 0 Å². The molecule has 2 aromatic rings. The highest BCUT2D eigenvalue weighted by Gasteiger charge is 2.20. The SMILES string of the molecule is Cc1ccc([C@H](CN2CCOCC2)NC(=O)COc2ccc(F)cc2)cc1. The molecule has 1 aliphatic heterocycles. The van der Waals surface area contributed by atoms with E-state index in [1.807, 2.05) is 31.2 Å². The lowest BCUT2D eigenvalue weighted by molar-refractivity contribution is -0.124. The van der Waals surface area contributed by atoms with Crippen molar-refractivity contribution >= 4 is 5.91 Å². The Morgan fingerprint density at radius 3 is 2.48 bits per heavy atom. The van der Waals surface area contributed by atoms with Crippen LogP contribution in [0.5, 0.6) is 5.75 Å². The van der Waals surface area contributed by atoms with Crippen molar-refractivity contribution in [1.29, 1.82) is 0 Å². The van der Waals surface area contributed by atoms with E-state index < -0.39 is 0 Å². The summed E-state index contributed by atoms with van der Waals surface area (Å²) in [5.41, 5.74) is 2.23. The number of rotatable bonds is 7. The van der Waals surface area contributed by atoms with Crippen LogP contribution in [0.25, 0.3) is 0 Å². The molecule has 0 spiro atoms. The molecule has 0 bridgehead atoms. The fraction of sp³-hybridized carbons (Fsp3) is 0.381. The van der Waals surface area contributed by atoms with Gasteiger partial charge in [-0.1, -0.05) is 29.8 Å². The molecule has 0 saturated carbocycles. The molecule has 3 rings (SSSR count). The third kappa shape index (κ3) is 6.05. The molecule has 0 aliphatic carbocycles. The Morgan fingerprint density at radius 2 is 1.81 bits per heavy atom. The highest BCUT2D eigenvalue weighted by molar-refractivity contribution is 5.78. The van der Waals surface area contributed by atoms with Crippen molar-refractivity contribution in [3.05, 3.63) is 65.5 Å². The molecule has 144 valence electrons. The van der Waals surface area contributed by atoms with Crippen LogP contribution in [0.4, 0.5) is 4.39 Å². The minimum absolute atomic E-state index is 0.114. The quantitative estimate of drug-likeness (QED) is 0.812. The van der Waals surface area contributed by atoms with Crippen molar-refractivity contribution in [1.82, 2.24) is 10.2 Å². The first-order valence-corrected chi connectivity index (χ1v) is 9.14. The third-order valence-electron chi connectivity index (χ3n) is 4.54. The summed E-state index contributed by atoms with van der Waals surface area (Å²) >= 11 is 0. The van der Waals surface area contributed by atoms with E-state index in [0.717, 1.165) is 18.7 Å². The van der Waals surface area contributed by atoms with Crippen LogP contribution in [-0.2, 0) is 9.53 Å². The van der Waals surface area contributed by atoms with E-state index in [-0.39, 0.29) is 24.4 Å². The number of nitrogens with zero attached hydrogens (tertiary/aromatic N) is 1. The van der Waals surface area contributed by atoms with Crippen LogP contribution in [0.3, 0.4) is 0 Å². The topological polar surface area (TPSA) is 50.8 Å². The fourth-order valence-electron chi connectivity index (χ4n) is 2.99. The molecule has 0 unspecified atom stereocenters. The summed E-state index contributed by atoms with van der Waals surface area (Å²) in [5.74, 6) is -0.0819. The molecule has 6 heteroatoms. The third-order valence-corrected chi connectivity index (χ3v) is 4.54. The second kappa shape index (κ2) is 9.48. The van der Waals surface area contributed by atoms with Crippen LogP contribution in [0, 0.1) is 12.7 Å². The van der Waals surface area contributed by atoms with E-state index in [0.29, 0.717) is 25.5 Å². The van der Waals surface area contributed by atoms with Gasteiger partial charge in [-0.05, 0) is 36.8 Å². The van der Waals surface area contributed by atoms with Gasteiger partial charge in [0.25, 0.3) is 5.91 Å². The molecule has 1 heterocycles. The Kier molecular flexibility index (Phi) is 6.79. The van der Waals surface area contributed by atoms with Gasteiger partial charge in [0, 0.05) is 19.6 Å². The minimum atomic E-state index is -0.336. The first-order valence-electron chi connectivity index (χ1n) is 9.14. The maximum Gasteiger partial charge on any atom is 0.258 e. The lowest BCUT2D eigenvalue weighted by Crippen LogP contribution is -2.44. The predicted octanol–water partition coefficient (Wildman–Crippen LogP) is 2.70. The molecule has 5 nitrogen and oxygen atoms in total. The predicted molar refractivity (Wildman–Crippen MR) is 101 cm³/mol.